The number of pyridine rings is 1. The molecule has 4 aromatic rings. The number of likely N-dealkylation sites (tertiary alicyclic amines) is 1. The lowest BCUT2D eigenvalue weighted by Crippen LogP contribution is -2.33. The summed E-state index contributed by atoms with van der Waals surface area (Å²) >= 11 is 0. The number of aromatic nitrogens is 3. The molecule has 1 atom stereocenters. The SMILES string of the molecule is O=C(Nc1ccc2c(c1)OCCO2)N1CCC(n2c(-c3ccoc3)nc3cccnc32)C1. The predicted octanol–water partition coefficient (Wildman–Crippen LogP) is 3.94. The van der Waals surface area contributed by atoms with E-state index in [-0.39, 0.29) is 12.1 Å². The summed E-state index contributed by atoms with van der Waals surface area (Å²) in [7, 11) is 0. The van der Waals surface area contributed by atoms with Gasteiger partial charge in [-0.15, -0.1) is 0 Å². The topological polar surface area (TPSA) is 94.7 Å². The van der Waals surface area contributed by atoms with Gasteiger partial charge in [-0.25, -0.2) is 14.8 Å². The van der Waals surface area contributed by atoms with Crippen LogP contribution in [0.25, 0.3) is 22.6 Å². The Hall–Kier alpha value is -4.01. The number of hydrogen-bond acceptors (Lipinski definition) is 6. The van der Waals surface area contributed by atoms with Crippen molar-refractivity contribution in [2.45, 2.75) is 12.5 Å². The first-order chi connectivity index (χ1) is 15.8. The van der Waals surface area contributed by atoms with E-state index in [0.29, 0.717) is 43.5 Å². The van der Waals surface area contributed by atoms with Crippen molar-refractivity contribution in [3.8, 4) is 22.9 Å². The number of imidazole rings is 1. The van der Waals surface area contributed by atoms with Crippen LogP contribution in [0.2, 0.25) is 0 Å². The highest BCUT2D eigenvalue weighted by atomic mass is 16.6. The van der Waals surface area contributed by atoms with E-state index in [2.05, 4.69) is 14.9 Å². The smallest absolute Gasteiger partial charge is 0.321 e. The zero-order valence-corrected chi connectivity index (χ0v) is 17.2. The Kier molecular flexibility index (Phi) is 4.45. The van der Waals surface area contributed by atoms with E-state index in [1.165, 1.54) is 0 Å². The summed E-state index contributed by atoms with van der Waals surface area (Å²) in [6, 6.07) is 11.1. The standard InChI is InChI=1S/C23H21N5O4/c29-23(25-16-3-4-19-20(12-16)32-11-10-31-19)27-8-5-17(13-27)28-21(15-6-9-30-14-15)26-18-2-1-7-24-22(18)28/h1-4,6-7,9,12,14,17H,5,8,10-11,13H2,(H,25,29). The van der Waals surface area contributed by atoms with Crippen molar-refractivity contribution in [1.29, 1.82) is 0 Å². The van der Waals surface area contributed by atoms with Gasteiger partial charge in [0, 0.05) is 31.0 Å². The van der Waals surface area contributed by atoms with Gasteiger partial charge >= 0.3 is 6.03 Å². The zero-order valence-electron chi connectivity index (χ0n) is 17.2. The maximum atomic E-state index is 13.0. The number of amides is 2. The van der Waals surface area contributed by atoms with E-state index < -0.39 is 0 Å². The van der Waals surface area contributed by atoms with Gasteiger partial charge in [0.1, 0.15) is 30.8 Å². The lowest BCUT2D eigenvalue weighted by molar-refractivity contribution is 0.171. The molecule has 9 nitrogen and oxygen atoms in total. The van der Waals surface area contributed by atoms with E-state index in [4.69, 9.17) is 18.9 Å². The number of benzene rings is 1. The predicted molar refractivity (Wildman–Crippen MR) is 117 cm³/mol. The minimum absolute atomic E-state index is 0.0609. The van der Waals surface area contributed by atoms with Gasteiger partial charge in [-0.05, 0) is 36.8 Å². The molecule has 3 aromatic heterocycles. The number of furan rings is 1. The zero-order chi connectivity index (χ0) is 21.5. The number of fused-ring (bicyclic) bond motifs is 2. The number of anilines is 1. The van der Waals surface area contributed by atoms with E-state index in [9.17, 15) is 4.79 Å². The molecule has 1 saturated heterocycles. The van der Waals surface area contributed by atoms with Gasteiger partial charge < -0.3 is 28.7 Å². The van der Waals surface area contributed by atoms with Crippen LogP contribution >= 0.6 is 0 Å². The van der Waals surface area contributed by atoms with Crippen molar-refractivity contribution in [3.63, 3.8) is 0 Å². The fourth-order valence-corrected chi connectivity index (χ4v) is 4.33. The number of carbonyl (C=O) groups excluding carboxylic acids is 1. The van der Waals surface area contributed by atoms with Crippen LogP contribution < -0.4 is 14.8 Å². The molecule has 162 valence electrons. The van der Waals surface area contributed by atoms with Gasteiger partial charge in [0.15, 0.2) is 17.1 Å². The Morgan fingerprint density at radius 1 is 1.12 bits per heavy atom. The van der Waals surface area contributed by atoms with Crippen LogP contribution in [0.1, 0.15) is 12.5 Å². The highest BCUT2D eigenvalue weighted by molar-refractivity contribution is 5.90. The van der Waals surface area contributed by atoms with Gasteiger partial charge in [-0.3, -0.25) is 0 Å². The lowest BCUT2D eigenvalue weighted by Gasteiger charge is -2.21. The normalized spacial score (nSPS) is 17.6. The highest BCUT2D eigenvalue weighted by Crippen LogP contribution is 2.34. The fraction of sp³-hybridized carbons (Fsp3) is 0.261. The molecule has 0 aliphatic carbocycles. The Balaban J connectivity index is 1.24. The van der Waals surface area contributed by atoms with Crippen LogP contribution in [0.3, 0.4) is 0 Å². The van der Waals surface area contributed by atoms with Crippen LogP contribution in [0.15, 0.2) is 59.5 Å². The van der Waals surface area contributed by atoms with Crippen molar-refractivity contribution >= 4 is 22.9 Å². The second-order valence-corrected chi connectivity index (χ2v) is 7.84. The summed E-state index contributed by atoms with van der Waals surface area (Å²) in [5, 5.41) is 2.98. The van der Waals surface area contributed by atoms with E-state index in [0.717, 1.165) is 29.0 Å². The molecule has 0 spiro atoms. The van der Waals surface area contributed by atoms with Gasteiger partial charge in [0.2, 0.25) is 0 Å². The first kappa shape index (κ1) is 18.7. The molecule has 0 bridgehead atoms. The van der Waals surface area contributed by atoms with E-state index in [1.807, 2.05) is 35.2 Å². The molecule has 2 amide bonds. The molecule has 1 aromatic carbocycles. The summed E-state index contributed by atoms with van der Waals surface area (Å²) in [4.78, 5) is 24.1. The fourth-order valence-electron chi connectivity index (χ4n) is 4.33. The molecule has 1 fully saturated rings. The van der Waals surface area contributed by atoms with Crippen molar-refractivity contribution in [3.05, 3.63) is 55.1 Å². The third-order valence-electron chi connectivity index (χ3n) is 5.84. The van der Waals surface area contributed by atoms with Crippen LogP contribution in [0.4, 0.5) is 10.5 Å². The monoisotopic (exact) mass is 431 g/mol. The average Bonchev–Trinajstić information content (AvgIpc) is 3.58. The van der Waals surface area contributed by atoms with Gasteiger partial charge in [-0.1, -0.05) is 0 Å². The average molecular weight is 431 g/mol. The molecule has 32 heavy (non-hydrogen) atoms. The second kappa shape index (κ2) is 7.60. The maximum absolute atomic E-state index is 13.0. The van der Waals surface area contributed by atoms with Crippen LogP contribution in [0, 0.1) is 0 Å². The van der Waals surface area contributed by atoms with Crippen molar-refractivity contribution in [2.24, 2.45) is 0 Å². The molecule has 0 saturated carbocycles. The number of urea groups is 1. The molecule has 0 radical (unpaired) electrons. The number of ether oxygens (including phenoxy) is 2. The Labute approximate surface area is 183 Å². The molecule has 2 aliphatic heterocycles. The molecule has 1 unspecified atom stereocenters. The number of carbonyl (C=O) groups is 1. The number of nitrogens with one attached hydrogen (secondary N) is 1. The minimum atomic E-state index is -0.147. The molecular formula is C23H21N5O4. The Bertz CT molecular complexity index is 1280. The summed E-state index contributed by atoms with van der Waals surface area (Å²) in [6.45, 7) is 2.23. The summed E-state index contributed by atoms with van der Waals surface area (Å²) < 4.78 is 18.6. The second-order valence-electron chi connectivity index (χ2n) is 7.84. The Morgan fingerprint density at radius 3 is 2.91 bits per heavy atom. The first-order valence-electron chi connectivity index (χ1n) is 10.6. The molecule has 9 heteroatoms. The summed E-state index contributed by atoms with van der Waals surface area (Å²) in [5.74, 6) is 2.14. The van der Waals surface area contributed by atoms with E-state index in [1.54, 1.807) is 24.8 Å². The molecule has 6 rings (SSSR count). The van der Waals surface area contributed by atoms with Crippen LogP contribution in [-0.4, -0.2) is 51.8 Å². The van der Waals surface area contributed by atoms with Gasteiger partial charge in [0.05, 0.1) is 17.9 Å². The quantitative estimate of drug-likeness (QED) is 0.528. The lowest BCUT2D eigenvalue weighted by atomic mass is 10.2. The largest absolute Gasteiger partial charge is 0.486 e. The number of nitrogens with zero attached hydrogens (tertiary/aromatic N) is 4. The molecule has 1 N–H and O–H groups in total. The van der Waals surface area contributed by atoms with Gasteiger partial charge in [-0.2, -0.15) is 0 Å². The van der Waals surface area contributed by atoms with Crippen molar-refractivity contribution in [2.75, 3.05) is 31.6 Å². The maximum Gasteiger partial charge on any atom is 0.321 e. The van der Waals surface area contributed by atoms with Crippen molar-refractivity contribution < 1.29 is 18.7 Å². The molecule has 2 aliphatic rings. The Morgan fingerprint density at radius 2 is 2.03 bits per heavy atom. The molecular weight excluding hydrogens is 410 g/mol. The number of hydrogen-bond donors (Lipinski definition) is 1. The minimum Gasteiger partial charge on any atom is -0.486 e. The number of rotatable bonds is 3. The van der Waals surface area contributed by atoms with Gasteiger partial charge in [0.25, 0.3) is 0 Å². The third kappa shape index (κ3) is 3.22. The van der Waals surface area contributed by atoms with Crippen molar-refractivity contribution in [1.82, 2.24) is 19.4 Å². The first-order valence-corrected chi connectivity index (χ1v) is 10.6. The summed E-state index contributed by atoms with van der Waals surface area (Å²) in [5.41, 5.74) is 3.20. The van der Waals surface area contributed by atoms with Crippen LogP contribution in [-0.2, 0) is 0 Å². The van der Waals surface area contributed by atoms with Crippen LogP contribution in [0.5, 0.6) is 11.5 Å². The molecule has 5 heterocycles. The third-order valence-corrected chi connectivity index (χ3v) is 5.84. The van der Waals surface area contributed by atoms with E-state index >= 15 is 0 Å². The summed E-state index contributed by atoms with van der Waals surface area (Å²) in [6.07, 6.45) is 5.88. The highest BCUT2D eigenvalue weighted by Gasteiger charge is 2.31.